The molecule has 0 saturated carbocycles. The molecule has 2 N–H and O–H groups in total. The van der Waals surface area contributed by atoms with Crippen molar-refractivity contribution in [1.82, 2.24) is 4.57 Å². The zero-order valence-electron chi connectivity index (χ0n) is 17.5. The Morgan fingerprint density at radius 2 is 1.45 bits per heavy atom. The summed E-state index contributed by atoms with van der Waals surface area (Å²) < 4.78 is 3.97. The molecular weight excluding hydrogens is 402 g/mol. The summed E-state index contributed by atoms with van der Waals surface area (Å²) in [4.78, 5) is 0.435. The zero-order chi connectivity index (χ0) is 21.8. The fourth-order valence-corrected chi connectivity index (χ4v) is 4.03. The number of aromatic nitrogens is 2. The highest BCUT2D eigenvalue weighted by atomic mass is 32.1. The Kier molecular flexibility index (Phi) is 5.96. The van der Waals surface area contributed by atoms with Crippen LogP contribution in [0.15, 0.2) is 97.3 Å². The summed E-state index contributed by atoms with van der Waals surface area (Å²) in [5.41, 5.74) is 5.15. The average molecular weight is 427 g/mol. The summed E-state index contributed by atoms with van der Waals surface area (Å²) in [6, 6.07) is 27.6. The molecule has 0 saturated heterocycles. The number of aryl methyl sites for hydroxylation is 1. The van der Waals surface area contributed by atoms with Crippen LogP contribution in [0.5, 0.6) is 0 Å². The van der Waals surface area contributed by atoms with Crippen LogP contribution in [0.4, 0.5) is 5.69 Å². The van der Waals surface area contributed by atoms with E-state index in [0.29, 0.717) is 10.7 Å². The zero-order valence-corrected chi connectivity index (χ0v) is 18.3. The van der Waals surface area contributed by atoms with Gasteiger partial charge in [-0.15, -0.1) is 0 Å². The molecule has 0 aliphatic carbocycles. The van der Waals surface area contributed by atoms with E-state index in [0.717, 1.165) is 28.3 Å². The molecule has 154 valence electrons. The monoisotopic (exact) mass is 426 g/mol. The Labute approximate surface area is 187 Å². The maximum atomic E-state index is 11.5. The van der Waals surface area contributed by atoms with Crippen LogP contribution >= 0.6 is 12.2 Å². The van der Waals surface area contributed by atoms with E-state index in [1.165, 1.54) is 0 Å². The minimum Gasteiger partial charge on any atom is -0.502 e. The lowest BCUT2D eigenvalue weighted by Gasteiger charge is -2.11. The van der Waals surface area contributed by atoms with Gasteiger partial charge in [-0.25, -0.2) is 0 Å². The lowest BCUT2D eigenvalue weighted by molar-refractivity contribution is -0.575. The predicted molar refractivity (Wildman–Crippen MR) is 130 cm³/mol. The molecule has 4 rings (SSSR count). The van der Waals surface area contributed by atoms with Crippen LogP contribution in [-0.2, 0) is 0 Å². The Hall–Kier alpha value is -3.70. The molecule has 0 spiro atoms. The van der Waals surface area contributed by atoms with Gasteiger partial charge in [-0.2, -0.15) is 4.57 Å². The number of anilines is 1. The van der Waals surface area contributed by atoms with E-state index in [1.54, 1.807) is 0 Å². The van der Waals surface area contributed by atoms with Crippen LogP contribution in [-0.4, -0.2) is 14.7 Å². The van der Waals surface area contributed by atoms with Crippen molar-refractivity contribution in [3.63, 3.8) is 0 Å². The van der Waals surface area contributed by atoms with E-state index in [4.69, 9.17) is 12.2 Å². The smallest absolute Gasteiger partial charge is 0.288 e. The number of hydrogen-bond acceptors (Lipinski definition) is 2. The molecular formula is C26H24N3OS+. The van der Waals surface area contributed by atoms with Crippen LogP contribution in [0, 0.1) is 13.8 Å². The summed E-state index contributed by atoms with van der Waals surface area (Å²) in [5.74, 6) is 0.125. The van der Waals surface area contributed by atoms with Crippen LogP contribution in [0.1, 0.15) is 17.0 Å². The largest absolute Gasteiger partial charge is 0.502 e. The second-order valence-electron chi connectivity index (χ2n) is 7.26. The van der Waals surface area contributed by atoms with Crippen molar-refractivity contribution in [2.75, 3.05) is 5.32 Å². The molecule has 0 unspecified atom stereocenters. The normalized spacial score (nSPS) is 11.7. The average Bonchev–Trinajstić information content (AvgIpc) is 3.09. The topological polar surface area (TPSA) is 41.1 Å². The third-order valence-corrected chi connectivity index (χ3v) is 5.44. The van der Waals surface area contributed by atoms with Gasteiger partial charge in [-0.1, -0.05) is 54.7 Å². The highest BCUT2D eigenvalue weighted by molar-refractivity contribution is 7.81. The van der Waals surface area contributed by atoms with Gasteiger partial charge in [0.1, 0.15) is 0 Å². The van der Waals surface area contributed by atoms with Crippen molar-refractivity contribution in [3.05, 3.63) is 114 Å². The lowest BCUT2D eigenvalue weighted by Crippen LogP contribution is -2.38. The van der Waals surface area contributed by atoms with Crippen molar-refractivity contribution >= 4 is 34.3 Å². The Morgan fingerprint density at radius 3 is 2.10 bits per heavy atom. The first-order chi connectivity index (χ1) is 15.1. The molecule has 0 radical (unpaired) electrons. The number of thiocarbonyl (C=S) groups is 1. The minimum atomic E-state index is 0.125. The summed E-state index contributed by atoms with van der Waals surface area (Å²) in [6.07, 6.45) is 3.75. The van der Waals surface area contributed by atoms with E-state index in [-0.39, 0.29) is 5.76 Å². The number of aliphatic hydroxyl groups is 1. The van der Waals surface area contributed by atoms with Gasteiger partial charge in [0.15, 0.2) is 17.4 Å². The molecule has 4 nitrogen and oxygen atoms in total. The molecule has 0 fully saturated rings. The van der Waals surface area contributed by atoms with E-state index in [2.05, 4.69) is 22.0 Å². The highest BCUT2D eigenvalue weighted by Gasteiger charge is 2.26. The highest BCUT2D eigenvalue weighted by Crippen LogP contribution is 2.27. The number of nitrogens with zero attached hydrogens (tertiary/aromatic N) is 2. The van der Waals surface area contributed by atoms with Crippen molar-refractivity contribution in [2.24, 2.45) is 0 Å². The Morgan fingerprint density at radius 1 is 0.871 bits per heavy atom. The first kappa shape index (κ1) is 20.6. The van der Waals surface area contributed by atoms with Gasteiger partial charge in [-0.05, 0) is 44.2 Å². The molecule has 0 aliphatic heterocycles. The maximum Gasteiger partial charge on any atom is 0.288 e. The molecule has 0 atom stereocenters. The van der Waals surface area contributed by atoms with Gasteiger partial charge in [-0.3, -0.25) is 0 Å². The fraction of sp³-hybridized carbons (Fsp3) is 0.0769. The van der Waals surface area contributed by atoms with Gasteiger partial charge in [0.05, 0.1) is 0 Å². The summed E-state index contributed by atoms with van der Waals surface area (Å²) in [5, 5.41) is 14.7. The summed E-state index contributed by atoms with van der Waals surface area (Å²) in [6.45, 7) is 4.04. The van der Waals surface area contributed by atoms with E-state index < -0.39 is 0 Å². The number of para-hydroxylation sites is 2. The Balaban J connectivity index is 1.84. The number of benzene rings is 2. The summed E-state index contributed by atoms with van der Waals surface area (Å²) in [7, 11) is 0. The SMILES string of the molecule is Cc1cc(/C(O)=C(/C(=S)Nc2ccccc2)[n+]2ccccc2)c(C)n1-c1ccccc1. The number of rotatable bonds is 5. The van der Waals surface area contributed by atoms with Crippen LogP contribution in [0.2, 0.25) is 0 Å². The number of nitrogens with one attached hydrogen (secondary N) is 1. The van der Waals surface area contributed by atoms with Crippen LogP contribution in [0.25, 0.3) is 17.1 Å². The van der Waals surface area contributed by atoms with Gasteiger partial charge in [0.2, 0.25) is 5.76 Å². The van der Waals surface area contributed by atoms with E-state index >= 15 is 0 Å². The number of aliphatic hydroxyl groups excluding tert-OH is 1. The third kappa shape index (κ3) is 4.27. The van der Waals surface area contributed by atoms with Gasteiger partial charge >= 0.3 is 0 Å². The molecule has 2 aromatic carbocycles. The van der Waals surface area contributed by atoms with Crippen molar-refractivity contribution in [3.8, 4) is 5.69 Å². The molecule has 0 aliphatic rings. The standard InChI is InChI=1S/C26H23N3OS/c1-19-18-23(20(2)29(19)22-14-8-4-9-15-22)25(30)24(28-16-10-5-11-17-28)26(31)27-21-12-6-3-7-13-21/h3-18H,1-2H3,(H-,27,30,31)/p+1. The quantitative estimate of drug-likeness (QED) is 0.186. The fourth-order valence-electron chi connectivity index (χ4n) is 3.71. The maximum absolute atomic E-state index is 11.5. The van der Waals surface area contributed by atoms with Crippen molar-refractivity contribution < 1.29 is 9.67 Å². The minimum absolute atomic E-state index is 0.125. The lowest BCUT2D eigenvalue weighted by atomic mass is 10.1. The second kappa shape index (κ2) is 8.98. The first-order valence-electron chi connectivity index (χ1n) is 10.1. The van der Waals surface area contributed by atoms with Gasteiger partial charge in [0.25, 0.3) is 5.70 Å². The van der Waals surface area contributed by atoms with Crippen LogP contribution in [0.3, 0.4) is 0 Å². The third-order valence-electron chi connectivity index (χ3n) is 5.15. The predicted octanol–water partition coefficient (Wildman–Crippen LogP) is 5.70. The van der Waals surface area contributed by atoms with Crippen molar-refractivity contribution in [2.45, 2.75) is 13.8 Å². The second-order valence-corrected chi connectivity index (χ2v) is 7.66. The molecule has 0 bridgehead atoms. The molecule has 5 heteroatoms. The van der Waals surface area contributed by atoms with Crippen molar-refractivity contribution in [1.29, 1.82) is 0 Å². The molecule has 31 heavy (non-hydrogen) atoms. The molecule has 2 heterocycles. The van der Waals surface area contributed by atoms with Gasteiger partial charge in [0, 0.05) is 40.5 Å². The number of hydrogen-bond donors (Lipinski definition) is 2. The molecule has 4 aromatic rings. The molecule has 2 aromatic heterocycles. The molecule has 0 amide bonds. The summed E-state index contributed by atoms with van der Waals surface area (Å²) >= 11 is 5.74. The van der Waals surface area contributed by atoms with Gasteiger partial charge < -0.3 is 15.0 Å². The number of pyridine rings is 1. The van der Waals surface area contributed by atoms with Crippen LogP contribution < -0.4 is 9.88 Å². The van der Waals surface area contributed by atoms with E-state index in [1.807, 2.05) is 104 Å². The Bertz CT molecular complexity index is 1230. The first-order valence-corrected chi connectivity index (χ1v) is 10.5. The van der Waals surface area contributed by atoms with E-state index in [9.17, 15) is 5.11 Å².